The molecule has 8 heavy (non-hydrogen) atoms. The third-order valence-corrected chi connectivity index (χ3v) is 1.43. The topological polar surface area (TPSA) is 33.0 Å². The third kappa shape index (κ3) is 0.988. The smallest absolute Gasteiger partial charge is 0.146 e. The lowest BCUT2D eigenvalue weighted by Gasteiger charge is -2.00. The monoisotopic (exact) mass is 111 g/mol. The summed E-state index contributed by atoms with van der Waals surface area (Å²) in [5, 5.41) is 8.36. The molecule has 0 N–H and O–H groups in total. The van der Waals surface area contributed by atoms with Gasteiger partial charge in [-0.15, -0.1) is 0 Å². The van der Waals surface area contributed by atoms with E-state index in [0.717, 1.165) is 0 Å². The number of nitriles is 1. The molecule has 0 unspecified atom stereocenters. The van der Waals surface area contributed by atoms with Crippen LogP contribution in [0.2, 0.25) is 0 Å². The molecule has 0 radical (unpaired) electrons. The van der Waals surface area contributed by atoms with E-state index in [4.69, 9.17) is 10.00 Å². The second-order valence-corrected chi connectivity index (χ2v) is 2.12. The van der Waals surface area contributed by atoms with Gasteiger partial charge in [-0.2, -0.15) is 5.26 Å². The van der Waals surface area contributed by atoms with Crippen LogP contribution in [0, 0.1) is 17.2 Å². The van der Waals surface area contributed by atoms with Crippen molar-refractivity contribution >= 4 is 0 Å². The van der Waals surface area contributed by atoms with Crippen LogP contribution in [0.15, 0.2) is 0 Å². The quantitative estimate of drug-likeness (QED) is 0.531. The first-order chi connectivity index (χ1) is 3.88. The van der Waals surface area contributed by atoms with Crippen molar-refractivity contribution in [2.75, 3.05) is 7.11 Å². The highest BCUT2D eigenvalue weighted by atomic mass is 16.5. The summed E-state index contributed by atoms with van der Waals surface area (Å²) in [6, 6.07) is 2.09. The first kappa shape index (κ1) is 5.58. The Morgan fingerprint density at radius 2 is 2.38 bits per heavy atom. The van der Waals surface area contributed by atoms with E-state index in [9.17, 15) is 0 Å². The van der Waals surface area contributed by atoms with Gasteiger partial charge in [0.25, 0.3) is 0 Å². The maximum absolute atomic E-state index is 8.36. The van der Waals surface area contributed by atoms with Gasteiger partial charge in [-0.25, -0.2) is 0 Å². The van der Waals surface area contributed by atoms with E-state index in [1.54, 1.807) is 7.11 Å². The highest BCUT2D eigenvalue weighted by Gasteiger charge is 2.30. The summed E-state index contributed by atoms with van der Waals surface area (Å²) in [5.74, 6) is 0.546. The van der Waals surface area contributed by atoms with Gasteiger partial charge >= 0.3 is 0 Å². The molecule has 2 heteroatoms. The Bertz CT molecular complexity index is 112. The maximum Gasteiger partial charge on any atom is 0.146 e. The van der Waals surface area contributed by atoms with E-state index in [1.807, 2.05) is 0 Å². The molecule has 0 aromatic rings. The second-order valence-electron chi connectivity index (χ2n) is 2.12. The molecular formula is C6H9NO. The summed E-state index contributed by atoms with van der Waals surface area (Å²) in [7, 11) is 1.59. The van der Waals surface area contributed by atoms with Gasteiger partial charge in [0.15, 0.2) is 0 Å². The van der Waals surface area contributed by atoms with Crippen LogP contribution < -0.4 is 0 Å². The largest absolute Gasteiger partial charge is 0.366 e. The van der Waals surface area contributed by atoms with Gasteiger partial charge in [-0.05, 0) is 18.8 Å². The van der Waals surface area contributed by atoms with Gasteiger partial charge in [0.1, 0.15) is 6.10 Å². The minimum Gasteiger partial charge on any atom is -0.366 e. The fourth-order valence-corrected chi connectivity index (χ4v) is 0.750. The Labute approximate surface area is 49.1 Å². The molecule has 1 rings (SSSR count). The maximum atomic E-state index is 8.36. The fraction of sp³-hybridized carbons (Fsp3) is 0.833. The zero-order valence-electron chi connectivity index (χ0n) is 4.92. The highest BCUT2D eigenvalue weighted by molar-refractivity contribution is 4.95. The number of methoxy groups -OCH3 is 1. The summed E-state index contributed by atoms with van der Waals surface area (Å²) >= 11 is 0. The van der Waals surface area contributed by atoms with Crippen LogP contribution in [0.3, 0.4) is 0 Å². The summed E-state index contributed by atoms with van der Waals surface area (Å²) < 4.78 is 4.86. The summed E-state index contributed by atoms with van der Waals surface area (Å²) in [4.78, 5) is 0. The van der Waals surface area contributed by atoms with Crippen molar-refractivity contribution < 1.29 is 4.74 Å². The molecule has 1 atom stereocenters. The Balaban J connectivity index is 2.29. The number of hydrogen-bond donors (Lipinski definition) is 0. The Morgan fingerprint density at radius 3 is 2.50 bits per heavy atom. The van der Waals surface area contributed by atoms with Crippen LogP contribution in [0.5, 0.6) is 0 Å². The number of hydrogen-bond acceptors (Lipinski definition) is 2. The molecule has 0 spiro atoms. The zero-order valence-corrected chi connectivity index (χ0v) is 4.92. The van der Waals surface area contributed by atoms with E-state index >= 15 is 0 Å². The molecule has 1 aliphatic rings. The second kappa shape index (κ2) is 2.15. The van der Waals surface area contributed by atoms with Crippen molar-refractivity contribution in [3.05, 3.63) is 0 Å². The molecule has 0 aromatic heterocycles. The number of rotatable bonds is 2. The van der Waals surface area contributed by atoms with Crippen LogP contribution in [0.4, 0.5) is 0 Å². The molecule has 2 nitrogen and oxygen atoms in total. The Kier molecular flexibility index (Phi) is 1.50. The van der Waals surface area contributed by atoms with E-state index in [1.165, 1.54) is 12.8 Å². The number of nitrogens with zero attached hydrogens (tertiary/aromatic N) is 1. The van der Waals surface area contributed by atoms with Crippen LogP contribution in [-0.2, 0) is 4.74 Å². The lowest BCUT2D eigenvalue weighted by molar-refractivity contribution is 0.129. The standard InChI is InChI=1S/C6H9NO/c1-8-6(4-7)5-2-3-5/h5-6H,2-3H2,1H3/t6-/m1/s1. The molecule has 0 heterocycles. The summed E-state index contributed by atoms with van der Waals surface area (Å²) in [6.45, 7) is 0. The van der Waals surface area contributed by atoms with E-state index < -0.39 is 0 Å². The fourth-order valence-electron chi connectivity index (χ4n) is 0.750. The van der Waals surface area contributed by atoms with Crippen molar-refractivity contribution in [3.8, 4) is 6.07 Å². The first-order valence-corrected chi connectivity index (χ1v) is 2.81. The van der Waals surface area contributed by atoms with E-state index in [2.05, 4.69) is 6.07 Å². The molecule has 1 fully saturated rings. The molecule has 0 bridgehead atoms. The van der Waals surface area contributed by atoms with Crippen LogP contribution >= 0.6 is 0 Å². The lowest BCUT2D eigenvalue weighted by Crippen LogP contribution is -2.08. The minimum atomic E-state index is -0.130. The van der Waals surface area contributed by atoms with Crippen molar-refractivity contribution in [2.45, 2.75) is 18.9 Å². The van der Waals surface area contributed by atoms with Crippen molar-refractivity contribution in [3.63, 3.8) is 0 Å². The van der Waals surface area contributed by atoms with Gasteiger partial charge in [-0.1, -0.05) is 0 Å². The molecule has 44 valence electrons. The lowest BCUT2D eigenvalue weighted by atomic mass is 10.3. The third-order valence-electron chi connectivity index (χ3n) is 1.43. The van der Waals surface area contributed by atoms with Gasteiger partial charge in [-0.3, -0.25) is 0 Å². The van der Waals surface area contributed by atoms with Crippen LogP contribution in [0.1, 0.15) is 12.8 Å². The van der Waals surface area contributed by atoms with Gasteiger partial charge in [0.05, 0.1) is 6.07 Å². The molecule has 0 aromatic carbocycles. The average molecular weight is 111 g/mol. The normalized spacial score (nSPS) is 22.0. The Morgan fingerprint density at radius 1 is 1.75 bits per heavy atom. The van der Waals surface area contributed by atoms with E-state index in [0.29, 0.717) is 5.92 Å². The predicted octanol–water partition coefficient (Wildman–Crippen LogP) is 0.935. The van der Waals surface area contributed by atoms with Crippen LogP contribution in [0.25, 0.3) is 0 Å². The van der Waals surface area contributed by atoms with Crippen LogP contribution in [-0.4, -0.2) is 13.2 Å². The molecule has 0 aliphatic heterocycles. The molecule has 0 saturated heterocycles. The van der Waals surface area contributed by atoms with Crippen molar-refractivity contribution in [2.24, 2.45) is 5.92 Å². The average Bonchev–Trinajstić information content (AvgIpc) is 2.53. The molecule has 0 amide bonds. The van der Waals surface area contributed by atoms with E-state index in [-0.39, 0.29) is 6.10 Å². The predicted molar refractivity (Wildman–Crippen MR) is 29.1 cm³/mol. The summed E-state index contributed by atoms with van der Waals surface area (Å²) in [5.41, 5.74) is 0. The molecule has 1 aliphatic carbocycles. The van der Waals surface area contributed by atoms with Gasteiger partial charge in [0.2, 0.25) is 0 Å². The van der Waals surface area contributed by atoms with Gasteiger partial charge in [0, 0.05) is 7.11 Å². The molecule has 1 saturated carbocycles. The van der Waals surface area contributed by atoms with Crippen molar-refractivity contribution in [1.29, 1.82) is 5.26 Å². The van der Waals surface area contributed by atoms with Gasteiger partial charge < -0.3 is 4.74 Å². The first-order valence-electron chi connectivity index (χ1n) is 2.81. The minimum absolute atomic E-state index is 0.130. The summed E-state index contributed by atoms with van der Waals surface area (Å²) in [6.07, 6.45) is 2.22. The SMILES string of the molecule is CO[C@H](C#N)C1CC1. The molecular weight excluding hydrogens is 102 g/mol. The highest BCUT2D eigenvalue weighted by Crippen LogP contribution is 2.33. The Hall–Kier alpha value is -0.550. The van der Waals surface area contributed by atoms with Crippen molar-refractivity contribution in [1.82, 2.24) is 0 Å². The number of ether oxygens (including phenoxy) is 1. The zero-order chi connectivity index (χ0) is 5.98.